The molecule has 0 aliphatic heterocycles. The van der Waals surface area contributed by atoms with E-state index in [0.717, 1.165) is 25.0 Å². The van der Waals surface area contributed by atoms with Crippen molar-refractivity contribution in [3.8, 4) is 0 Å². The molecule has 2 nitrogen and oxygen atoms in total. The summed E-state index contributed by atoms with van der Waals surface area (Å²) in [7, 11) is 2.29. The van der Waals surface area contributed by atoms with E-state index in [0.29, 0.717) is 12.0 Å². The first kappa shape index (κ1) is 16.5. The van der Waals surface area contributed by atoms with Crippen molar-refractivity contribution >= 4 is 0 Å². The zero-order valence-corrected chi connectivity index (χ0v) is 14.2. The molecule has 1 aromatic carbocycles. The van der Waals surface area contributed by atoms with Crippen LogP contribution in [0.25, 0.3) is 0 Å². The van der Waals surface area contributed by atoms with E-state index >= 15 is 0 Å². The van der Waals surface area contributed by atoms with E-state index in [9.17, 15) is 0 Å². The molecule has 3 atom stereocenters. The number of nitrogens with one attached hydrogen (secondary N) is 1. The van der Waals surface area contributed by atoms with Gasteiger partial charge in [-0.2, -0.15) is 0 Å². The van der Waals surface area contributed by atoms with E-state index in [1.165, 1.54) is 24.8 Å². The molecule has 21 heavy (non-hydrogen) atoms. The molecule has 1 aromatic rings. The summed E-state index contributed by atoms with van der Waals surface area (Å²) in [6.07, 6.45) is 4.04. The second-order valence-electron chi connectivity index (χ2n) is 6.84. The van der Waals surface area contributed by atoms with Crippen molar-refractivity contribution in [2.24, 2.45) is 11.8 Å². The predicted molar refractivity (Wildman–Crippen MR) is 91.5 cm³/mol. The van der Waals surface area contributed by atoms with Gasteiger partial charge in [-0.1, -0.05) is 44.2 Å². The fourth-order valence-corrected chi connectivity index (χ4v) is 3.27. The average molecular weight is 288 g/mol. The van der Waals surface area contributed by atoms with Gasteiger partial charge >= 0.3 is 0 Å². The standard InChI is InChI=1S/C19H32N2/c1-5-13-20-19(18-9-7-6-8-10-18)15(2)14-21(4)16(3)17-11-12-17/h6-10,15-17,19-20H,5,11-14H2,1-4H3. The van der Waals surface area contributed by atoms with Gasteiger partial charge in [-0.3, -0.25) is 0 Å². The third kappa shape index (κ3) is 4.82. The normalized spacial score (nSPS) is 19.5. The second kappa shape index (κ2) is 7.95. The fraction of sp³-hybridized carbons (Fsp3) is 0.684. The molecule has 2 heteroatoms. The largest absolute Gasteiger partial charge is 0.310 e. The van der Waals surface area contributed by atoms with Crippen LogP contribution in [0.5, 0.6) is 0 Å². The molecule has 0 saturated heterocycles. The lowest BCUT2D eigenvalue weighted by Crippen LogP contribution is -2.39. The van der Waals surface area contributed by atoms with Gasteiger partial charge in [0.25, 0.3) is 0 Å². The summed E-state index contributed by atoms with van der Waals surface area (Å²) in [5.41, 5.74) is 1.42. The molecule has 1 saturated carbocycles. The van der Waals surface area contributed by atoms with E-state index in [-0.39, 0.29) is 0 Å². The monoisotopic (exact) mass is 288 g/mol. The smallest absolute Gasteiger partial charge is 0.0358 e. The number of hydrogen-bond acceptors (Lipinski definition) is 2. The Labute approximate surface area is 130 Å². The first-order valence-corrected chi connectivity index (χ1v) is 8.62. The minimum Gasteiger partial charge on any atom is -0.310 e. The Kier molecular flexibility index (Phi) is 6.25. The van der Waals surface area contributed by atoms with Gasteiger partial charge in [-0.15, -0.1) is 0 Å². The van der Waals surface area contributed by atoms with Crippen LogP contribution in [-0.2, 0) is 0 Å². The number of hydrogen-bond donors (Lipinski definition) is 1. The van der Waals surface area contributed by atoms with Gasteiger partial charge in [0.05, 0.1) is 0 Å². The number of nitrogens with zero attached hydrogens (tertiary/aromatic N) is 1. The minimum atomic E-state index is 0.458. The van der Waals surface area contributed by atoms with E-state index in [1.807, 2.05) is 0 Å². The van der Waals surface area contributed by atoms with Crippen molar-refractivity contribution in [3.05, 3.63) is 35.9 Å². The molecule has 0 heterocycles. The molecular formula is C19H32N2. The molecule has 2 rings (SSSR count). The maximum atomic E-state index is 3.75. The van der Waals surface area contributed by atoms with Crippen LogP contribution in [0.4, 0.5) is 0 Å². The van der Waals surface area contributed by atoms with E-state index < -0.39 is 0 Å². The Bertz CT molecular complexity index is 399. The molecule has 0 bridgehead atoms. The van der Waals surface area contributed by atoms with Gasteiger partial charge < -0.3 is 10.2 Å². The van der Waals surface area contributed by atoms with E-state index in [2.05, 4.69) is 68.4 Å². The maximum Gasteiger partial charge on any atom is 0.0358 e. The molecule has 0 spiro atoms. The summed E-state index contributed by atoms with van der Waals surface area (Å²) >= 11 is 0. The van der Waals surface area contributed by atoms with Crippen LogP contribution in [0.15, 0.2) is 30.3 Å². The molecule has 1 aliphatic carbocycles. The minimum absolute atomic E-state index is 0.458. The topological polar surface area (TPSA) is 15.3 Å². The summed E-state index contributed by atoms with van der Waals surface area (Å²) in [5.74, 6) is 1.56. The van der Waals surface area contributed by atoms with Crippen LogP contribution in [0.1, 0.15) is 51.6 Å². The second-order valence-corrected chi connectivity index (χ2v) is 6.84. The first-order valence-electron chi connectivity index (χ1n) is 8.62. The lowest BCUT2D eigenvalue weighted by molar-refractivity contribution is 0.185. The zero-order chi connectivity index (χ0) is 15.2. The van der Waals surface area contributed by atoms with Crippen LogP contribution in [0.3, 0.4) is 0 Å². The molecule has 3 unspecified atom stereocenters. The Morgan fingerprint density at radius 2 is 1.86 bits per heavy atom. The number of benzene rings is 1. The van der Waals surface area contributed by atoms with Crippen molar-refractivity contribution in [2.75, 3.05) is 20.1 Å². The van der Waals surface area contributed by atoms with E-state index in [1.54, 1.807) is 0 Å². The highest BCUT2D eigenvalue weighted by atomic mass is 15.1. The van der Waals surface area contributed by atoms with Crippen LogP contribution >= 0.6 is 0 Å². The van der Waals surface area contributed by atoms with Gasteiger partial charge in [0.1, 0.15) is 0 Å². The van der Waals surface area contributed by atoms with Crippen LogP contribution < -0.4 is 5.32 Å². The summed E-state index contributed by atoms with van der Waals surface area (Å²) in [5, 5.41) is 3.75. The number of rotatable bonds is 9. The molecule has 118 valence electrons. The molecule has 0 radical (unpaired) electrons. The van der Waals surface area contributed by atoms with Crippen molar-refractivity contribution < 1.29 is 0 Å². The highest BCUT2D eigenvalue weighted by molar-refractivity contribution is 5.19. The van der Waals surface area contributed by atoms with Crippen LogP contribution in [0.2, 0.25) is 0 Å². The van der Waals surface area contributed by atoms with Gasteiger partial charge in [0, 0.05) is 18.6 Å². The maximum absolute atomic E-state index is 3.75. The van der Waals surface area contributed by atoms with Crippen molar-refractivity contribution in [3.63, 3.8) is 0 Å². The molecule has 0 amide bonds. The summed E-state index contributed by atoms with van der Waals surface area (Å²) in [4.78, 5) is 2.56. The van der Waals surface area contributed by atoms with Gasteiger partial charge in [0.15, 0.2) is 0 Å². The predicted octanol–water partition coefficient (Wildman–Crippen LogP) is 4.09. The Hall–Kier alpha value is -0.860. The first-order chi connectivity index (χ1) is 10.1. The summed E-state index contributed by atoms with van der Waals surface area (Å²) < 4.78 is 0. The van der Waals surface area contributed by atoms with Crippen LogP contribution in [-0.4, -0.2) is 31.1 Å². The molecule has 1 aliphatic rings. The third-order valence-corrected chi connectivity index (χ3v) is 4.92. The van der Waals surface area contributed by atoms with Gasteiger partial charge in [0.2, 0.25) is 0 Å². The highest BCUT2D eigenvalue weighted by Gasteiger charge is 2.31. The Morgan fingerprint density at radius 3 is 2.43 bits per heavy atom. The van der Waals surface area contributed by atoms with Crippen molar-refractivity contribution in [2.45, 2.75) is 52.1 Å². The molecular weight excluding hydrogens is 256 g/mol. The van der Waals surface area contributed by atoms with Gasteiger partial charge in [-0.05, 0) is 57.2 Å². The third-order valence-electron chi connectivity index (χ3n) is 4.92. The quantitative estimate of drug-likeness (QED) is 0.736. The lowest BCUT2D eigenvalue weighted by Gasteiger charge is -2.32. The average Bonchev–Trinajstić information content (AvgIpc) is 3.32. The van der Waals surface area contributed by atoms with E-state index in [4.69, 9.17) is 0 Å². The lowest BCUT2D eigenvalue weighted by atomic mass is 9.93. The highest BCUT2D eigenvalue weighted by Crippen LogP contribution is 2.35. The molecule has 1 N–H and O–H groups in total. The van der Waals surface area contributed by atoms with Crippen LogP contribution in [0, 0.1) is 11.8 Å². The fourth-order valence-electron chi connectivity index (χ4n) is 3.27. The SMILES string of the molecule is CCCNC(c1ccccc1)C(C)CN(C)C(C)C1CC1. The molecule has 0 aromatic heterocycles. The zero-order valence-electron chi connectivity index (χ0n) is 14.2. The summed E-state index contributed by atoms with van der Waals surface area (Å²) in [6, 6.07) is 12.1. The Morgan fingerprint density at radius 1 is 1.19 bits per heavy atom. The molecule has 1 fully saturated rings. The summed E-state index contributed by atoms with van der Waals surface area (Å²) in [6.45, 7) is 9.26. The van der Waals surface area contributed by atoms with Crippen molar-refractivity contribution in [1.29, 1.82) is 0 Å². The Balaban J connectivity index is 1.98. The van der Waals surface area contributed by atoms with Gasteiger partial charge in [-0.25, -0.2) is 0 Å². The van der Waals surface area contributed by atoms with Crippen molar-refractivity contribution in [1.82, 2.24) is 10.2 Å².